The minimum atomic E-state index is -0.273. The maximum atomic E-state index is 12.0. The van der Waals surface area contributed by atoms with Crippen LogP contribution in [0.2, 0.25) is 0 Å². The van der Waals surface area contributed by atoms with E-state index in [2.05, 4.69) is 15.1 Å². The Balaban J connectivity index is 1.49. The molecule has 1 saturated carbocycles. The molecule has 0 bridgehead atoms. The molecule has 130 valence electrons. The van der Waals surface area contributed by atoms with Crippen LogP contribution in [0.25, 0.3) is 11.0 Å². The first-order valence-corrected chi connectivity index (χ1v) is 8.55. The SMILES string of the molecule is Cn1ncc2c(=O)[nH]c(Oc3ccc(OC4CCCCC4)cc3)nc21. The van der Waals surface area contributed by atoms with Crippen molar-refractivity contribution in [1.82, 2.24) is 19.7 Å². The molecule has 1 N–H and O–H groups in total. The van der Waals surface area contributed by atoms with Crippen LogP contribution < -0.4 is 15.0 Å². The molecule has 0 saturated heterocycles. The van der Waals surface area contributed by atoms with Gasteiger partial charge in [-0.2, -0.15) is 10.1 Å². The monoisotopic (exact) mass is 340 g/mol. The number of H-pyrrole nitrogens is 1. The fourth-order valence-corrected chi connectivity index (χ4v) is 3.13. The van der Waals surface area contributed by atoms with Gasteiger partial charge >= 0.3 is 6.01 Å². The highest BCUT2D eigenvalue weighted by molar-refractivity contribution is 5.73. The molecule has 0 atom stereocenters. The Morgan fingerprint density at radius 2 is 1.84 bits per heavy atom. The predicted molar refractivity (Wildman–Crippen MR) is 93.1 cm³/mol. The van der Waals surface area contributed by atoms with Crippen LogP contribution in [0.4, 0.5) is 0 Å². The van der Waals surface area contributed by atoms with Crippen LogP contribution in [0, 0.1) is 0 Å². The van der Waals surface area contributed by atoms with E-state index in [-0.39, 0.29) is 11.6 Å². The molecule has 2 heterocycles. The summed E-state index contributed by atoms with van der Waals surface area (Å²) in [5.41, 5.74) is 0.210. The van der Waals surface area contributed by atoms with Gasteiger partial charge in [0.15, 0.2) is 5.65 Å². The Labute approximate surface area is 144 Å². The number of fused-ring (bicyclic) bond motifs is 1. The molecule has 0 unspecified atom stereocenters. The lowest BCUT2D eigenvalue weighted by molar-refractivity contribution is 0.155. The largest absolute Gasteiger partial charge is 0.490 e. The summed E-state index contributed by atoms with van der Waals surface area (Å²) in [7, 11) is 1.73. The summed E-state index contributed by atoms with van der Waals surface area (Å²) in [5, 5.41) is 4.47. The van der Waals surface area contributed by atoms with Crippen molar-refractivity contribution in [2.45, 2.75) is 38.2 Å². The van der Waals surface area contributed by atoms with Crippen LogP contribution in [-0.4, -0.2) is 25.9 Å². The van der Waals surface area contributed by atoms with Gasteiger partial charge in [-0.15, -0.1) is 0 Å². The molecule has 0 radical (unpaired) electrons. The lowest BCUT2D eigenvalue weighted by Crippen LogP contribution is -2.19. The zero-order valence-electron chi connectivity index (χ0n) is 14.1. The highest BCUT2D eigenvalue weighted by Crippen LogP contribution is 2.26. The number of rotatable bonds is 4. The predicted octanol–water partition coefficient (Wildman–Crippen LogP) is 3.16. The number of aryl methyl sites for hydroxylation is 1. The van der Waals surface area contributed by atoms with Gasteiger partial charge in [-0.1, -0.05) is 6.42 Å². The third kappa shape index (κ3) is 3.35. The zero-order chi connectivity index (χ0) is 17.2. The van der Waals surface area contributed by atoms with E-state index in [1.807, 2.05) is 24.3 Å². The van der Waals surface area contributed by atoms with E-state index < -0.39 is 0 Å². The second-order valence-corrected chi connectivity index (χ2v) is 6.33. The van der Waals surface area contributed by atoms with Crippen LogP contribution in [0.1, 0.15) is 32.1 Å². The average Bonchev–Trinajstić information content (AvgIpc) is 2.99. The molecule has 0 aliphatic heterocycles. The van der Waals surface area contributed by atoms with Crippen LogP contribution in [-0.2, 0) is 7.05 Å². The molecule has 1 fully saturated rings. The van der Waals surface area contributed by atoms with Gasteiger partial charge in [-0.05, 0) is 49.9 Å². The number of benzene rings is 1. The second kappa shape index (κ2) is 6.58. The third-order valence-corrected chi connectivity index (χ3v) is 4.47. The number of nitrogens with one attached hydrogen (secondary N) is 1. The Hall–Kier alpha value is -2.83. The number of ether oxygens (including phenoxy) is 2. The minimum absolute atomic E-state index is 0.141. The van der Waals surface area contributed by atoms with Gasteiger partial charge in [0.05, 0.1) is 12.3 Å². The quantitative estimate of drug-likeness (QED) is 0.789. The van der Waals surface area contributed by atoms with Crippen LogP contribution in [0.15, 0.2) is 35.3 Å². The van der Waals surface area contributed by atoms with Gasteiger partial charge in [0, 0.05) is 7.05 Å². The first-order chi connectivity index (χ1) is 12.2. The summed E-state index contributed by atoms with van der Waals surface area (Å²) in [4.78, 5) is 18.9. The molecule has 1 aliphatic carbocycles. The van der Waals surface area contributed by atoms with Crippen LogP contribution >= 0.6 is 0 Å². The molecular weight excluding hydrogens is 320 g/mol. The van der Waals surface area contributed by atoms with Gasteiger partial charge in [0.1, 0.15) is 16.9 Å². The summed E-state index contributed by atoms with van der Waals surface area (Å²) in [6, 6.07) is 7.52. The maximum absolute atomic E-state index is 12.0. The van der Waals surface area contributed by atoms with Gasteiger partial charge in [0.25, 0.3) is 5.56 Å². The second-order valence-electron chi connectivity index (χ2n) is 6.33. The van der Waals surface area contributed by atoms with Crippen LogP contribution in [0.5, 0.6) is 17.5 Å². The van der Waals surface area contributed by atoms with Crippen molar-refractivity contribution < 1.29 is 9.47 Å². The fourth-order valence-electron chi connectivity index (χ4n) is 3.13. The summed E-state index contributed by atoms with van der Waals surface area (Å²) in [5.74, 6) is 1.42. The molecule has 0 amide bonds. The molecule has 7 heteroatoms. The summed E-state index contributed by atoms with van der Waals surface area (Å²) < 4.78 is 13.2. The van der Waals surface area contributed by atoms with Crippen molar-refractivity contribution in [2.75, 3.05) is 0 Å². The smallest absolute Gasteiger partial charge is 0.304 e. The summed E-state index contributed by atoms with van der Waals surface area (Å²) in [6.45, 7) is 0. The summed E-state index contributed by atoms with van der Waals surface area (Å²) in [6.07, 6.45) is 7.82. The average molecular weight is 340 g/mol. The van der Waals surface area contributed by atoms with E-state index >= 15 is 0 Å². The van der Waals surface area contributed by atoms with E-state index in [0.717, 1.165) is 18.6 Å². The molecule has 4 rings (SSSR count). The molecular formula is C18H20N4O3. The summed E-state index contributed by atoms with van der Waals surface area (Å²) >= 11 is 0. The molecule has 7 nitrogen and oxygen atoms in total. The molecule has 25 heavy (non-hydrogen) atoms. The Morgan fingerprint density at radius 3 is 2.60 bits per heavy atom. The Bertz CT molecular complexity index is 924. The third-order valence-electron chi connectivity index (χ3n) is 4.47. The fraction of sp³-hybridized carbons (Fsp3) is 0.389. The van der Waals surface area contributed by atoms with Crippen molar-refractivity contribution in [3.05, 3.63) is 40.8 Å². The van der Waals surface area contributed by atoms with Crippen molar-refractivity contribution in [2.24, 2.45) is 7.05 Å². The van der Waals surface area contributed by atoms with E-state index in [1.165, 1.54) is 25.5 Å². The lowest BCUT2D eigenvalue weighted by Gasteiger charge is -2.23. The number of hydrogen-bond acceptors (Lipinski definition) is 5. The Kier molecular flexibility index (Phi) is 4.13. The maximum Gasteiger partial charge on any atom is 0.304 e. The number of aromatic nitrogens is 4. The van der Waals surface area contributed by atoms with Gasteiger partial charge in [-0.3, -0.25) is 14.5 Å². The topological polar surface area (TPSA) is 82.0 Å². The molecule has 1 aromatic carbocycles. The van der Waals surface area contributed by atoms with Gasteiger partial charge < -0.3 is 9.47 Å². The zero-order valence-corrected chi connectivity index (χ0v) is 14.1. The van der Waals surface area contributed by atoms with Crippen molar-refractivity contribution >= 4 is 11.0 Å². The van der Waals surface area contributed by atoms with Crippen molar-refractivity contribution in [3.8, 4) is 17.5 Å². The van der Waals surface area contributed by atoms with Gasteiger partial charge in [0.2, 0.25) is 0 Å². The minimum Gasteiger partial charge on any atom is -0.490 e. The molecule has 1 aliphatic rings. The van der Waals surface area contributed by atoms with E-state index in [1.54, 1.807) is 11.7 Å². The van der Waals surface area contributed by atoms with Crippen molar-refractivity contribution in [1.29, 1.82) is 0 Å². The van der Waals surface area contributed by atoms with Crippen molar-refractivity contribution in [3.63, 3.8) is 0 Å². The number of aromatic amines is 1. The highest BCUT2D eigenvalue weighted by Gasteiger charge is 2.15. The molecule has 2 aromatic heterocycles. The normalized spacial score (nSPS) is 15.4. The van der Waals surface area contributed by atoms with Gasteiger partial charge in [-0.25, -0.2) is 0 Å². The molecule has 3 aromatic rings. The first kappa shape index (κ1) is 15.7. The Morgan fingerprint density at radius 1 is 1.12 bits per heavy atom. The van der Waals surface area contributed by atoms with E-state index in [4.69, 9.17) is 9.47 Å². The number of nitrogens with zero attached hydrogens (tertiary/aromatic N) is 3. The van der Waals surface area contributed by atoms with Crippen LogP contribution in [0.3, 0.4) is 0 Å². The van der Waals surface area contributed by atoms with E-state index in [9.17, 15) is 4.79 Å². The first-order valence-electron chi connectivity index (χ1n) is 8.55. The number of hydrogen-bond donors (Lipinski definition) is 1. The molecule has 0 spiro atoms. The lowest BCUT2D eigenvalue weighted by atomic mass is 9.98. The van der Waals surface area contributed by atoms with E-state index in [0.29, 0.717) is 22.9 Å². The standard InChI is InChI=1S/C18H20N4O3/c1-22-16-15(11-19-22)17(23)21-18(20-16)25-14-9-7-13(8-10-14)24-12-5-3-2-4-6-12/h7-12H,2-6H2,1H3,(H,20,21,23). The highest BCUT2D eigenvalue weighted by atomic mass is 16.5.